The molecule has 0 radical (unpaired) electrons. The smallest absolute Gasteiger partial charge is 0.233 e. The Hall–Kier alpha value is -2.12. The number of aliphatic hydroxyl groups is 1. The molecule has 20 heavy (non-hydrogen) atoms. The maximum atomic E-state index is 12.1. The number of nitrogens with zero attached hydrogens (tertiary/aromatic N) is 1. The van der Waals surface area contributed by atoms with E-state index in [0.29, 0.717) is 24.1 Å². The summed E-state index contributed by atoms with van der Waals surface area (Å²) in [4.78, 5) is 25.5. The highest BCUT2D eigenvalue weighted by atomic mass is 16.2. The van der Waals surface area contributed by atoms with Crippen molar-refractivity contribution in [3.8, 4) is 11.8 Å². The molecule has 0 aliphatic carbocycles. The standard InChI is InChI=1S/C16H17NO3/c1-12-8-9-13(5-4-10-18)11-14(12)17-15(19)6-2-3-7-16(17)20/h8-9,11,18H,2-3,6-7,10H2,1H3. The first-order chi connectivity index (χ1) is 9.63. The summed E-state index contributed by atoms with van der Waals surface area (Å²) in [6, 6.07) is 5.38. The van der Waals surface area contributed by atoms with Gasteiger partial charge in [-0.1, -0.05) is 17.9 Å². The van der Waals surface area contributed by atoms with Crippen LogP contribution in [-0.2, 0) is 9.59 Å². The van der Waals surface area contributed by atoms with Gasteiger partial charge < -0.3 is 5.11 Å². The third kappa shape index (κ3) is 3.06. The fraction of sp³-hybridized carbons (Fsp3) is 0.375. The van der Waals surface area contributed by atoms with Crippen molar-refractivity contribution in [2.45, 2.75) is 32.6 Å². The van der Waals surface area contributed by atoms with Gasteiger partial charge in [-0.15, -0.1) is 0 Å². The third-order valence-electron chi connectivity index (χ3n) is 3.29. The van der Waals surface area contributed by atoms with Crippen molar-refractivity contribution in [1.29, 1.82) is 0 Å². The van der Waals surface area contributed by atoms with Gasteiger partial charge in [-0.3, -0.25) is 14.5 Å². The topological polar surface area (TPSA) is 57.6 Å². The van der Waals surface area contributed by atoms with Crippen molar-refractivity contribution in [3.63, 3.8) is 0 Å². The lowest BCUT2D eigenvalue weighted by Gasteiger charge is -2.21. The zero-order chi connectivity index (χ0) is 14.5. The molecule has 0 bridgehead atoms. The van der Waals surface area contributed by atoms with E-state index in [1.54, 1.807) is 6.07 Å². The molecule has 1 saturated heterocycles. The first-order valence-electron chi connectivity index (χ1n) is 6.69. The average Bonchev–Trinajstić information content (AvgIpc) is 2.59. The first kappa shape index (κ1) is 14.3. The average molecular weight is 271 g/mol. The van der Waals surface area contributed by atoms with Crippen molar-refractivity contribution < 1.29 is 14.7 Å². The Bertz CT molecular complexity index is 577. The van der Waals surface area contributed by atoms with Crippen LogP contribution >= 0.6 is 0 Å². The minimum Gasteiger partial charge on any atom is -0.384 e. The number of benzene rings is 1. The fourth-order valence-electron chi connectivity index (χ4n) is 2.25. The number of hydrogen-bond donors (Lipinski definition) is 1. The SMILES string of the molecule is Cc1ccc(C#CCO)cc1N1C(=O)CCCCC1=O. The Labute approximate surface area is 118 Å². The third-order valence-corrected chi connectivity index (χ3v) is 3.29. The summed E-state index contributed by atoms with van der Waals surface area (Å²) in [5, 5.41) is 8.73. The summed E-state index contributed by atoms with van der Waals surface area (Å²) in [6.07, 6.45) is 2.31. The lowest BCUT2D eigenvalue weighted by molar-refractivity contribution is -0.125. The van der Waals surface area contributed by atoms with Crippen molar-refractivity contribution in [2.75, 3.05) is 11.5 Å². The molecule has 0 saturated carbocycles. The molecule has 2 rings (SSSR count). The molecule has 1 aliphatic rings. The van der Waals surface area contributed by atoms with Crippen LogP contribution in [0.3, 0.4) is 0 Å². The van der Waals surface area contributed by atoms with Gasteiger partial charge in [0.05, 0.1) is 5.69 Å². The molecule has 4 heteroatoms. The normalized spacial score (nSPS) is 15.6. The van der Waals surface area contributed by atoms with E-state index >= 15 is 0 Å². The first-order valence-corrected chi connectivity index (χ1v) is 6.69. The predicted molar refractivity (Wildman–Crippen MR) is 76.1 cm³/mol. The van der Waals surface area contributed by atoms with E-state index in [1.165, 1.54) is 4.90 Å². The van der Waals surface area contributed by atoms with Crippen LogP contribution in [0.25, 0.3) is 0 Å². The van der Waals surface area contributed by atoms with Crippen LogP contribution in [0.5, 0.6) is 0 Å². The molecule has 1 N–H and O–H groups in total. The fourth-order valence-corrected chi connectivity index (χ4v) is 2.25. The number of aryl methyl sites for hydroxylation is 1. The van der Waals surface area contributed by atoms with Crippen LogP contribution in [-0.4, -0.2) is 23.5 Å². The molecule has 0 atom stereocenters. The van der Waals surface area contributed by atoms with Crippen LogP contribution in [0.15, 0.2) is 18.2 Å². The molecule has 4 nitrogen and oxygen atoms in total. The van der Waals surface area contributed by atoms with E-state index in [0.717, 1.165) is 18.4 Å². The molecule has 1 fully saturated rings. The second-order valence-corrected chi connectivity index (χ2v) is 4.79. The van der Waals surface area contributed by atoms with E-state index < -0.39 is 0 Å². The minimum absolute atomic E-state index is 0.150. The van der Waals surface area contributed by atoms with Crippen LogP contribution in [0.1, 0.15) is 36.8 Å². The van der Waals surface area contributed by atoms with Crippen LogP contribution < -0.4 is 4.90 Å². The number of carbonyl (C=O) groups is 2. The van der Waals surface area contributed by atoms with Crippen molar-refractivity contribution >= 4 is 17.5 Å². The number of amides is 2. The summed E-state index contributed by atoms with van der Waals surface area (Å²) in [5.74, 6) is 5.06. The van der Waals surface area contributed by atoms with Gasteiger partial charge in [-0.2, -0.15) is 0 Å². The Morgan fingerprint density at radius 3 is 2.45 bits per heavy atom. The monoisotopic (exact) mass is 271 g/mol. The van der Waals surface area contributed by atoms with Gasteiger partial charge in [0.1, 0.15) is 6.61 Å². The van der Waals surface area contributed by atoms with E-state index in [1.807, 2.05) is 19.1 Å². The van der Waals surface area contributed by atoms with Gasteiger partial charge in [0.2, 0.25) is 11.8 Å². The number of anilines is 1. The molecular formula is C16H17NO3. The molecular weight excluding hydrogens is 254 g/mol. The summed E-state index contributed by atoms with van der Waals surface area (Å²) >= 11 is 0. The summed E-state index contributed by atoms with van der Waals surface area (Å²) in [7, 11) is 0. The van der Waals surface area contributed by atoms with Gasteiger partial charge in [0.15, 0.2) is 0 Å². The molecule has 1 aromatic rings. The van der Waals surface area contributed by atoms with Gasteiger partial charge >= 0.3 is 0 Å². The molecule has 1 aliphatic heterocycles. The Morgan fingerprint density at radius 1 is 1.20 bits per heavy atom. The molecule has 2 amide bonds. The van der Waals surface area contributed by atoms with Crippen LogP contribution in [0, 0.1) is 18.8 Å². The maximum absolute atomic E-state index is 12.1. The van der Waals surface area contributed by atoms with Crippen LogP contribution in [0.4, 0.5) is 5.69 Å². The number of carbonyl (C=O) groups excluding carboxylic acids is 2. The Kier molecular flexibility index (Phi) is 4.54. The van der Waals surface area contributed by atoms with Gasteiger partial charge in [0, 0.05) is 18.4 Å². The zero-order valence-corrected chi connectivity index (χ0v) is 11.5. The zero-order valence-electron chi connectivity index (χ0n) is 11.5. The molecule has 1 aromatic carbocycles. The maximum Gasteiger partial charge on any atom is 0.233 e. The minimum atomic E-state index is -0.217. The molecule has 104 valence electrons. The summed E-state index contributed by atoms with van der Waals surface area (Å²) < 4.78 is 0. The molecule has 0 aromatic heterocycles. The lowest BCUT2D eigenvalue weighted by Crippen LogP contribution is -2.35. The molecule has 0 spiro atoms. The van der Waals surface area contributed by atoms with Crippen molar-refractivity contribution in [1.82, 2.24) is 0 Å². The highest BCUT2D eigenvalue weighted by molar-refractivity contribution is 6.15. The molecule has 0 unspecified atom stereocenters. The van der Waals surface area contributed by atoms with Gasteiger partial charge in [-0.05, 0) is 37.5 Å². The lowest BCUT2D eigenvalue weighted by atomic mass is 10.1. The quantitative estimate of drug-likeness (QED) is 0.625. The summed E-state index contributed by atoms with van der Waals surface area (Å²) in [6.45, 7) is 1.65. The van der Waals surface area contributed by atoms with E-state index in [4.69, 9.17) is 5.11 Å². The van der Waals surface area contributed by atoms with E-state index in [2.05, 4.69) is 11.8 Å². The van der Waals surface area contributed by atoms with E-state index in [9.17, 15) is 9.59 Å². The number of imide groups is 1. The highest BCUT2D eigenvalue weighted by Gasteiger charge is 2.26. The van der Waals surface area contributed by atoms with E-state index in [-0.39, 0.29) is 18.4 Å². The van der Waals surface area contributed by atoms with Gasteiger partial charge in [0.25, 0.3) is 0 Å². The van der Waals surface area contributed by atoms with Crippen molar-refractivity contribution in [2.24, 2.45) is 0 Å². The second kappa shape index (κ2) is 6.36. The Balaban J connectivity index is 2.43. The summed E-state index contributed by atoms with van der Waals surface area (Å²) in [5.41, 5.74) is 2.15. The highest BCUT2D eigenvalue weighted by Crippen LogP contribution is 2.26. The molecule has 1 heterocycles. The Morgan fingerprint density at radius 2 is 1.85 bits per heavy atom. The number of rotatable bonds is 1. The predicted octanol–water partition coefficient (Wildman–Crippen LogP) is 1.77. The van der Waals surface area contributed by atoms with Crippen LogP contribution in [0.2, 0.25) is 0 Å². The number of hydrogen-bond acceptors (Lipinski definition) is 3. The largest absolute Gasteiger partial charge is 0.384 e. The van der Waals surface area contributed by atoms with Crippen molar-refractivity contribution in [3.05, 3.63) is 29.3 Å². The number of aliphatic hydroxyl groups excluding tert-OH is 1. The van der Waals surface area contributed by atoms with Gasteiger partial charge in [-0.25, -0.2) is 0 Å². The second-order valence-electron chi connectivity index (χ2n) is 4.79.